The third-order valence-electron chi connectivity index (χ3n) is 6.44. The summed E-state index contributed by atoms with van der Waals surface area (Å²) >= 11 is 0. The summed E-state index contributed by atoms with van der Waals surface area (Å²) < 4.78 is 0. The van der Waals surface area contributed by atoms with Crippen LogP contribution >= 0.6 is 0 Å². The number of rotatable bonds is 5. The first-order valence-corrected chi connectivity index (χ1v) is 9.83. The molecule has 26 heavy (non-hydrogen) atoms. The SMILES string of the molecule is CN(C)c1ccccc1C(O)(Cc1ccccc1)C1CN2CCC1CC2. The van der Waals surface area contributed by atoms with Gasteiger partial charge in [-0.3, -0.25) is 0 Å². The molecule has 2 bridgehead atoms. The molecule has 3 aliphatic rings. The monoisotopic (exact) mass is 350 g/mol. The van der Waals surface area contributed by atoms with E-state index in [1.807, 2.05) is 6.07 Å². The summed E-state index contributed by atoms with van der Waals surface area (Å²) in [6.45, 7) is 3.39. The Morgan fingerprint density at radius 3 is 2.27 bits per heavy atom. The molecular formula is C23H30N2O. The molecular weight excluding hydrogens is 320 g/mol. The van der Waals surface area contributed by atoms with E-state index in [2.05, 4.69) is 72.4 Å². The van der Waals surface area contributed by atoms with Gasteiger partial charge in [-0.15, -0.1) is 0 Å². The standard InChI is InChI=1S/C23H30N2O/c1-24(2)22-11-7-6-10-20(22)23(26,16-18-8-4-3-5-9-18)21-17-25-14-12-19(21)13-15-25/h3-11,19,21,26H,12-17H2,1-2H3. The van der Waals surface area contributed by atoms with Gasteiger partial charge >= 0.3 is 0 Å². The minimum atomic E-state index is -0.841. The number of fused-ring (bicyclic) bond motifs is 3. The molecule has 2 aromatic carbocycles. The Bertz CT molecular complexity index is 737. The van der Waals surface area contributed by atoms with Gasteiger partial charge < -0.3 is 14.9 Å². The lowest BCUT2D eigenvalue weighted by atomic mass is 9.65. The van der Waals surface area contributed by atoms with E-state index in [9.17, 15) is 5.11 Å². The molecule has 0 spiro atoms. The van der Waals surface area contributed by atoms with Gasteiger partial charge in [0, 0.05) is 44.2 Å². The molecule has 2 aromatic rings. The van der Waals surface area contributed by atoms with Crippen LogP contribution in [-0.2, 0) is 12.0 Å². The molecule has 3 heterocycles. The second-order valence-electron chi connectivity index (χ2n) is 8.24. The molecule has 0 aliphatic carbocycles. The highest BCUT2D eigenvalue weighted by molar-refractivity contribution is 5.56. The number of nitrogens with zero attached hydrogens (tertiary/aromatic N) is 2. The molecule has 0 saturated carbocycles. The molecule has 2 atom stereocenters. The van der Waals surface area contributed by atoms with Crippen LogP contribution in [0.25, 0.3) is 0 Å². The van der Waals surface area contributed by atoms with Crippen molar-refractivity contribution in [3.8, 4) is 0 Å². The maximum absolute atomic E-state index is 12.3. The Balaban J connectivity index is 1.79. The zero-order chi connectivity index (χ0) is 18.1. The van der Waals surface area contributed by atoms with Crippen LogP contribution < -0.4 is 4.90 Å². The molecule has 3 nitrogen and oxygen atoms in total. The van der Waals surface area contributed by atoms with Crippen LogP contribution in [0.3, 0.4) is 0 Å². The Labute approximate surface area is 157 Å². The zero-order valence-corrected chi connectivity index (χ0v) is 15.9. The summed E-state index contributed by atoms with van der Waals surface area (Å²) in [5.74, 6) is 0.898. The molecule has 5 rings (SSSR count). The molecule has 0 radical (unpaired) electrons. The number of hydrogen-bond donors (Lipinski definition) is 1. The lowest BCUT2D eigenvalue weighted by Crippen LogP contribution is -2.56. The van der Waals surface area contributed by atoms with Crippen molar-refractivity contribution in [1.82, 2.24) is 4.90 Å². The van der Waals surface area contributed by atoms with Crippen LogP contribution in [0.2, 0.25) is 0 Å². The van der Waals surface area contributed by atoms with Crippen LogP contribution in [0.15, 0.2) is 54.6 Å². The number of benzene rings is 2. The fourth-order valence-corrected chi connectivity index (χ4v) is 5.07. The smallest absolute Gasteiger partial charge is 0.0999 e. The van der Waals surface area contributed by atoms with Gasteiger partial charge in [0.25, 0.3) is 0 Å². The van der Waals surface area contributed by atoms with Gasteiger partial charge in [-0.2, -0.15) is 0 Å². The van der Waals surface area contributed by atoms with Crippen LogP contribution in [-0.4, -0.2) is 43.7 Å². The fraction of sp³-hybridized carbons (Fsp3) is 0.478. The Morgan fingerprint density at radius 1 is 1.00 bits per heavy atom. The fourth-order valence-electron chi connectivity index (χ4n) is 5.07. The first-order chi connectivity index (χ1) is 12.6. The molecule has 3 saturated heterocycles. The van der Waals surface area contributed by atoms with Gasteiger partial charge in [-0.25, -0.2) is 0 Å². The van der Waals surface area contributed by atoms with Crippen molar-refractivity contribution < 1.29 is 5.11 Å². The molecule has 3 heteroatoms. The van der Waals surface area contributed by atoms with Crippen molar-refractivity contribution in [2.24, 2.45) is 11.8 Å². The summed E-state index contributed by atoms with van der Waals surface area (Å²) in [6, 6.07) is 18.9. The minimum absolute atomic E-state index is 0.284. The van der Waals surface area contributed by atoms with Gasteiger partial charge in [-0.05, 0) is 43.5 Å². The lowest BCUT2D eigenvalue weighted by molar-refractivity contribution is -0.101. The van der Waals surface area contributed by atoms with Gasteiger partial charge in [0.1, 0.15) is 0 Å². The molecule has 138 valence electrons. The predicted molar refractivity (Wildman–Crippen MR) is 107 cm³/mol. The van der Waals surface area contributed by atoms with E-state index < -0.39 is 5.60 Å². The zero-order valence-electron chi connectivity index (χ0n) is 15.9. The number of hydrogen-bond acceptors (Lipinski definition) is 3. The largest absolute Gasteiger partial charge is 0.384 e. The average molecular weight is 351 g/mol. The predicted octanol–water partition coefficient (Wildman–Crippen LogP) is 3.52. The first-order valence-electron chi connectivity index (χ1n) is 9.83. The van der Waals surface area contributed by atoms with Gasteiger partial charge in [-0.1, -0.05) is 48.5 Å². The van der Waals surface area contributed by atoms with E-state index >= 15 is 0 Å². The highest BCUT2D eigenvalue weighted by Gasteiger charge is 2.48. The van der Waals surface area contributed by atoms with E-state index in [1.165, 1.54) is 31.5 Å². The number of piperidine rings is 3. The first kappa shape index (κ1) is 17.6. The summed E-state index contributed by atoms with van der Waals surface area (Å²) in [7, 11) is 4.14. The summed E-state index contributed by atoms with van der Waals surface area (Å²) in [6.07, 6.45) is 3.10. The molecule has 0 aromatic heterocycles. The van der Waals surface area contributed by atoms with Crippen molar-refractivity contribution in [3.05, 3.63) is 65.7 Å². The average Bonchev–Trinajstić information content (AvgIpc) is 2.69. The minimum Gasteiger partial charge on any atom is -0.384 e. The lowest BCUT2D eigenvalue weighted by Gasteiger charge is -2.52. The Morgan fingerprint density at radius 2 is 1.65 bits per heavy atom. The highest BCUT2D eigenvalue weighted by Crippen LogP contribution is 2.47. The van der Waals surface area contributed by atoms with Crippen molar-refractivity contribution in [3.63, 3.8) is 0 Å². The molecule has 1 N–H and O–H groups in total. The molecule has 0 amide bonds. The number of anilines is 1. The van der Waals surface area contributed by atoms with Gasteiger partial charge in [0.05, 0.1) is 5.60 Å². The van der Waals surface area contributed by atoms with Crippen molar-refractivity contribution in [1.29, 1.82) is 0 Å². The Hall–Kier alpha value is -1.84. The second kappa shape index (κ2) is 7.05. The van der Waals surface area contributed by atoms with E-state index in [0.29, 0.717) is 12.3 Å². The maximum Gasteiger partial charge on any atom is 0.0999 e. The second-order valence-corrected chi connectivity index (χ2v) is 8.24. The van der Waals surface area contributed by atoms with Crippen LogP contribution in [0.4, 0.5) is 5.69 Å². The third kappa shape index (κ3) is 3.15. The van der Waals surface area contributed by atoms with Crippen LogP contribution in [0.5, 0.6) is 0 Å². The van der Waals surface area contributed by atoms with E-state index in [0.717, 1.165) is 17.8 Å². The Kier molecular flexibility index (Phi) is 4.76. The van der Waals surface area contributed by atoms with Gasteiger partial charge in [0.15, 0.2) is 0 Å². The topological polar surface area (TPSA) is 26.7 Å². The van der Waals surface area contributed by atoms with Crippen molar-refractivity contribution in [2.45, 2.75) is 24.9 Å². The van der Waals surface area contributed by atoms with Crippen molar-refractivity contribution in [2.75, 3.05) is 38.6 Å². The van der Waals surface area contributed by atoms with E-state index in [1.54, 1.807) is 0 Å². The molecule has 3 aliphatic heterocycles. The van der Waals surface area contributed by atoms with E-state index in [-0.39, 0.29) is 5.92 Å². The molecule has 3 fully saturated rings. The summed E-state index contributed by atoms with van der Waals surface area (Å²) in [4.78, 5) is 4.67. The highest BCUT2D eigenvalue weighted by atomic mass is 16.3. The molecule has 2 unspecified atom stereocenters. The quantitative estimate of drug-likeness (QED) is 0.894. The van der Waals surface area contributed by atoms with Crippen LogP contribution in [0, 0.1) is 11.8 Å². The third-order valence-corrected chi connectivity index (χ3v) is 6.44. The van der Waals surface area contributed by atoms with E-state index in [4.69, 9.17) is 0 Å². The normalized spacial score (nSPS) is 27.1. The summed E-state index contributed by atoms with van der Waals surface area (Å²) in [5.41, 5.74) is 2.57. The maximum atomic E-state index is 12.3. The van der Waals surface area contributed by atoms with Crippen molar-refractivity contribution >= 4 is 5.69 Å². The van der Waals surface area contributed by atoms with Gasteiger partial charge in [0.2, 0.25) is 0 Å². The number of aliphatic hydroxyl groups is 1. The summed E-state index contributed by atoms with van der Waals surface area (Å²) in [5, 5.41) is 12.3. The number of para-hydroxylation sites is 1. The van der Waals surface area contributed by atoms with Crippen LogP contribution in [0.1, 0.15) is 24.0 Å².